The van der Waals surface area contributed by atoms with Crippen LogP contribution < -0.4 is 0 Å². The number of phenols is 1. The van der Waals surface area contributed by atoms with E-state index in [2.05, 4.69) is 0 Å². The zero-order valence-corrected chi connectivity index (χ0v) is 4.95. The highest BCUT2D eigenvalue weighted by Gasteiger charge is 1.74. The van der Waals surface area contributed by atoms with E-state index in [1.54, 1.807) is 24.3 Å². The number of aromatic hydroxyl groups is 1. The van der Waals surface area contributed by atoms with Gasteiger partial charge in [0.25, 0.3) is 0 Å². The Kier molecular flexibility index (Phi) is 9.23. The van der Waals surface area contributed by atoms with Crippen LogP contribution in [0.25, 0.3) is 0 Å². The van der Waals surface area contributed by atoms with Gasteiger partial charge in [-0.1, -0.05) is 18.2 Å². The number of para-hydroxylation sites is 1. The molecule has 10 heavy (non-hydrogen) atoms. The van der Waals surface area contributed by atoms with Crippen LogP contribution in [0.3, 0.4) is 0 Å². The number of carbonyl (C=O) groups excluding carboxylic acids is 1. The van der Waals surface area contributed by atoms with Gasteiger partial charge in [-0.05, 0) is 23.1 Å². The maximum Gasteiger partial charge on any atom is 0.115 e. The number of benzene rings is 1. The lowest BCUT2D eigenvalue weighted by atomic mass is 10.3. The Balaban J connectivity index is 0. The summed E-state index contributed by atoms with van der Waals surface area (Å²) in [5.74, 6) is 0.322. The van der Waals surface area contributed by atoms with Crippen molar-refractivity contribution in [1.29, 1.82) is 0 Å². The molecule has 0 atom stereocenters. The largest absolute Gasteiger partial charge is 0.508 e. The monoisotopic (exact) mass is 156 g/mol. The van der Waals surface area contributed by atoms with Gasteiger partial charge in [-0.2, -0.15) is 0 Å². The standard InChI is InChI=1S/C6H6O.CH2O.H4Si/c7-6-4-2-1-3-5-6;1-2;/h1-5,7H;1H2;1H4. The molecule has 0 amide bonds. The summed E-state index contributed by atoms with van der Waals surface area (Å²) < 4.78 is 0. The maximum absolute atomic E-state index is 8.63. The highest BCUT2D eigenvalue weighted by Crippen LogP contribution is 2.02. The normalized spacial score (nSPS) is 6.40. The van der Waals surface area contributed by atoms with Crippen molar-refractivity contribution >= 4 is 17.8 Å². The molecule has 1 N–H and O–H groups in total. The molecule has 0 aliphatic carbocycles. The summed E-state index contributed by atoms with van der Waals surface area (Å²) in [7, 11) is 0. The second kappa shape index (κ2) is 7.91. The summed E-state index contributed by atoms with van der Waals surface area (Å²) in [5, 5.41) is 8.63. The van der Waals surface area contributed by atoms with Crippen molar-refractivity contribution in [1.82, 2.24) is 0 Å². The minimum Gasteiger partial charge on any atom is -0.508 e. The Bertz CT molecular complexity index is 153. The van der Waals surface area contributed by atoms with Crippen LogP contribution in [0.4, 0.5) is 0 Å². The van der Waals surface area contributed by atoms with E-state index in [0.29, 0.717) is 5.75 Å². The summed E-state index contributed by atoms with van der Waals surface area (Å²) in [6.45, 7) is 2.00. The Morgan fingerprint density at radius 1 is 1.10 bits per heavy atom. The lowest BCUT2D eigenvalue weighted by Gasteiger charge is -1.82. The van der Waals surface area contributed by atoms with Gasteiger partial charge in [-0.3, -0.25) is 0 Å². The molecule has 0 aromatic heterocycles. The molecule has 0 saturated heterocycles. The Hall–Kier alpha value is -1.09. The van der Waals surface area contributed by atoms with E-state index in [1.807, 2.05) is 12.9 Å². The molecule has 0 bridgehead atoms. The smallest absolute Gasteiger partial charge is 0.115 e. The molecule has 0 aliphatic heterocycles. The summed E-state index contributed by atoms with van der Waals surface area (Å²) in [6, 6.07) is 8.71. The van der Waals surface area contributed by atoms with E-state index in [9.17, 15) is 0 Å². The van der Waals surface area contributed by atoms with Crippen LogP contribution in [0, 0.1) is 0 Å². The molecule has 0 spiro atoms. The third kappa shape index (κ3) is 5.05. The predicted octanol–water partition coefficient (Wildman–Crippen LogP) is -0.244. The van der Waals surface area contributed by atoms with Crippen molar-refractivity contribution in [2.24, 2.45) is 0 Å². The number of carbonyl (C=O) groups is 1. The fourth-order valence-electron chi connectivity index (χ4n) is 0.428. The molecule has 1 rings (SSSR count). The summed E-state index contributed by atoms with van der Waals surface area (Å²) in [6.07, 6.45) is 0. The molecule has 56 valence electrons. The fourth-order valence-corrected chi connectivity index (χ4v) is 0.428. The van der Waals surface area contributed by atoms with Gasteiger partial charge in [0.15, 0.2) is 0 Å². The molecule has 1 aromatic carbocycles. The minimum atomic E-state index is 0. The van der Waals surface area contributed by atoms with Crippen molar-refractivity contribution < 1.29 is 9.90 Å². The number of rotatable bonds is 0. The van der Waals surface area contributed by atoms with Crippen molar-refractivity contribution in [2.45, 2.75) is 0 Å². The number of phenolic OH excluding ortho intramolecular Hbond substituents is 1. The van der Waals surface area contributed by atoms with Gasteiger partial charge in [0.2, 0.25) is 0 Å². The minimum absolute atomic E-state index is 0. The molecule has 0 unspecified atom stereocenters. The molecule has 0 aliphatic rings. The predicted molar refractivity (Wildman–Crippen MR) is 46.6 cm³/mol. The van der Waals surface area contributed by atoms with E-state index in [1.165, 1.54) is 0 Å². The SMILES string of the molecule is C=O.Oc1ccccc1.[SiH4]. The first-order valence-corrected chi connectivity index (χ1v) is 2.42. The van der Waals surface area contributed by atoms with Gasteiger partial charge in [0, 0.05) is 0 Å². The van der Waals surface area contributed by atoms with Gasteiger partial charge in [-0.25, -0.2) is 0 Å². The second-order valence-electron chi connectivity index (χ2n) is 1.34. The zero-order chi connectivity index (χ0) is 7.11. The molecular weight excluding hydrogens is 144 g/mol. The first kappa shape index (κ1) is 11.7. The Morgan fingerprint density at radius 3 is 1.70 bits per heavy atom. The average Bonchev–Trinajstić information content (AvgIpc) is 1.94. The van der Waals surface area contributed by atoms with Crippen LogP contribution in [0.5, 0.6) is 5.75 Å². The molecule has 2 nitrogen and oxygen atoms in total. The van der Waals surface area contributed by atoms with Crippen LogP contribution in [0.1, 0.15) is 0 Å². The van der Waals surface area contributed by atoms with Gasteiger partial charge < -0.3 is 9.90 Å². The van der Waals surface area contributed by atoms with Crippen LogP contribution in [-0.4, -0.2) is 22.9 Å². The van der Waals surface area contributed by atoms with E-state index < -0.39 is 0 Å². The molecule has 0 saturated carbocycles. The lowest BCUT2D eigenvalue weighted by molar-refractivity contribution is -0.0979. The summed E-state index contributed by atoms with van der Waals surface area (Å²) in [4.78, 5) is 8.00. The molecule has 0 heterocycles. The number of hydrogen-bond acceptors (Lipinski definition) is 2. The van der Waals surface area contributed by atoms with E-state index >= 15 is 0 Å². The molecule has 0 radical (unpaired) electrons. The summed E-state index contributed by atoms with van der Waals surface area (Å²) in [5.41, 5.74) is 0. The second-order valence-corrected chi connectivity index (χ2v) is 1.34. The topological polar surface area (TPSA) is 37.3 Å². The third-order valence-electron chi connectivity index (χ3n) is 0.756. The highest BCUT2D eigenvalue weighted by atomic mass is 28.1. The van der Waals surface area contributed by atoms with E-state index in [-0.39, 0.29) is 11.0 Å². The van der Waals surface area contributed by atoms with Gasteiger partial charge in [-0.15, -0.1) is 0 Å². The first-order valence-electron chi connectivity index (χ1n) is 2.42. The average molecular weight is 156 g/mol. The van der Waals surface area contributed by atoms with Gasteiger partial charge in [0.1, 0.15) is 12.5 Å². The quantitative estimate of drug-likeness (QED) is 0.526. The van der Waals surface area contributed by atoms with Crippen LogP contribution in [0.15, 0.2) is 30.3 Å². The molecule has 0 fully saturated rings. The van der Waals surface area contributed by atoms with Gasteiger partial charge in [0.05, 0.1) is 0 Å². The summed E-state index contributed by atoms with van der Waals surface area (Å²) >= 11 is 0. The molecule has 1 aromatic rings. The van der Waals surface area contributed by atoms with Crippen LogP contribution >= 0.6 is 0 Å². The van der Waals surface area contributed by atoms with E-state index in [0.717, 1.165) is 0 Å². The number of hydrogen-bond donors (Lipinski definition) is 1. The van der Waals surface area contributed by atoms with Crippen molar-refractivity contribution in [3.05, 3.63) is 30.3 Å². The highest BCUT2D eigenvalue weighted by molar-refractivity contribution is 5.75. The molecule has 3 heteroatoms. The van der Waals surface area contributed by atoms with Crippen molar-refractivity contribution in [3.8, 4) is 5.75 Å². The Morgan fingerprint density at radius 2 is 1.50 bits per heavy atom. The third-order valence-corrected chi connectivity index (χ3v) is 0.756. The van der Waals surface area contributed by atoms with Crippen molar-refractivity contribution in [2.75, 3.05) is 0 Å². The zero-order valence-electron chi connectivity index (χ0n) is 4.95. The van der Waals surface area contributed by atoms with Crippen LogP contribution in [-0.2, 0) is 4.79 Å². The Labute approximate surface area is 64.5 Å². The van der Waals surface area contributed by atoms with Gasteiger partial charge >= 0.3 is 0 Å². The first-order chi connectivity index (χ1) is 4.39. The fraction of sp³-hybridized carbons (Fsp3) is 0. The van der Waals surface area contributed by atoms with E-state index in [4.69, 9.17) is 9.90 Å². The maximum atomic E-state index is 8.63. The van der Waals surface area contributed by atoms with Crippen molar-refractivity contribution in [3.63, 3.8) is 0 Å². The molecular formula is C7H12O2Si. The van der Waals surface area contributed by atoms with Crippen LogP contribution in [0.2, 0.25) is 0 Å². The lowest BCUT2D eigenvalue weighted by Crippen LogP contribution is -1.56.